The highest BCUT2D eigenvalue weighted by atomic mass is 16.5. The molecule has 2 fully saturated rings. The zero-order chi connectivity index (χ0) is 21.3. The van der Waals surface area contributed by atoms with Gasteiger partial charge in [0.05, 0.1) is 6.04 Å². The molecule has 29 heavy (non-hydrogen) atoms. The van der Waals surface area contributed by atoms with Crippen LogP contribution in [-0.4, -0.2) is 74.4 Å². The molecule has 162 valence electrons. The molecular formula is C22H35N3O4. The molecule has 1 aromatic carbocycles. The number of hydrogen-bond acceptors (Lipinski definition) is 4. The van der Waals surface area contributed by atoms with E-state index in [0.717, 1.165) is 52.0 Å². The van der Waals surface area contributed by atoms with Crippen LogP contribution in [0.3, 0.4) is 0 Å². The van der Waals surface area contributed by atoms with Gasteiger partial charge in [-0.05, 0) is 57.7 Å². The van der Waals surface area contributed by atoms with Crippen LogP contribution in [0.5, 0.6) is 0 Å². The topological polar surface area (TPSA) is 82.1 Å². The molecule has 1 aromatic rings. The molecule has 2 amide bonds. The molecular weight excluding hydrogens is 370 g/mol. The fourth-order valence-electron chi connectivity index (χ4n) is 4.26. The van der Waals surface area contributed by atoms with E-state index in [0.29, 0.717) is 12.0 Å². The second kappa shape index (κ2) is 11.2. The van der Waals surface area contributed by atoms with Crippen molar-refractivity contribution < 1.29 is 19.4 Å². The van der Waals surface area contributed by atoms with Gasteiger partial charge in [-0.25, -0.2) is 4.79 Å². The molecule has 0 saturated carbocycles. The summed E-state index contributed by atoms with van der Waals surface area (Å²) in [4.78, 5) is 25.2. The summed E-state index contributed by atoms with van der Waals surface area (Å²) in [5, 5.41) is 10.1. The summed E-state index contributed by atoms with van der Waals surface area (Å²) in [5.74, 6) is 0. The van der Waals surface area contributed by atoms with Crippen LogP contribution in [0.15, 0.2) is 24.3 Å². The number of benzene rings is 1. The van der Waals surface area contributed by atoms with Crippen LogP contribution >= 0.6 is 0 Å². The van der Waals surface area contributed by atoms with E-state index >= 15 is 0 Å². The van der Waals surface area contributed by atoms with Gasteiger partial charge in [-0.3, -0.25) is 4.79 Å². The van der Waals surface area contributed by atoms with Crippen LogP contribution in [0.25, 0.3) is 0 Å². The number of carbonyl (C=O) groups excluding carboxylic acids is 1. The molecule has 2 saturated heterocycles. The molecule has 2 heterocycles. The minimum Gasteiger partial charge on any atom is -0.483 e. The Morgan fingerprint density at radius 3 is 2.45 bits per heavy atom. The Balaban J connectivity index is 0.000000941. The van der Waals surface area contributed by atoms with Crippen LogP contribution in [-0.2, 0) is 9.53 Å². The van der Waals surface area contributed by atoms with Crippen molar-refractivity contribution in [2.24, 2.45) is 5.41 Å². The van der Waals surface area contributed by atoms with Gasteiger partial charge in [-0.15, -0.1) is 0 Å². The van der Waals surface area contributed by atoms with E-state index in [1.807, 2.05) is 4.90 Å². The van der Waals surface area contributed by atoms with Crippen molar-refractivity contribution in [3.63, 3.8) is 0 Å². The number of ether oxygens (including phenoxy) is 1. The first kappa shape index (κ1) is 23.2. The van der Waals surface area contributed by atoms with Crippen LogP contribution in [0.4, 0.5) is 4.79 Å². The maximum absolute atomic E-state index is 12.7. The fourth-order valence-corrected chi connectivity index (χ4v) is 4.26. The monoisotopic (exact) mass is 405 g/mol. The van der Waals surface area contributed by atoms with Gasteiger partial charge in [0.2, 0.25) is 0 Å². The lowest BCUT2D eigenvalue weighted by Crippen LogP contribution is -2.49. The number of piperidine rings is 1. The quantitative estimate of drug-likeness (QED) is 0.753. The number of likely N-dealkylation sites (N-methyl/N-ethyl adjacent to an activating group) is 1. The molecule has 0 radical (unpaired) electrons. The second-order valence-corrected chi connectivity index (χ2v) is 8.28. The third-order valence-electron chi connectivity index (χ3n) is 6.16. The minimum absolute atomic E-state index is 0.0754. The van der Waals surface area contributed by atoms with E-state index in [2.05, 4.69) is 55.5 Å². The predicted octanol–water partition coefficient (Wildman–Crippen LogP) is 2.90. The molecule has 7 nitrogen and oxygen atoms in total. The zero-order valence-corrected chi connectivity index (χ0v) is 17.9. The van der Waals surface area contributed by atoms with Gasteiger partial charge >= 0.3 is 6.03 Å². The van der Waals surface area contributed by atoms with Gasteiger partial charge in [-0.1, -0.05) is 29.8 Å². The molecule has 1 unspecified atom stereocenters. The number of likely N-dealkylation sites (tertiary alicyclic amines) is 1. The molecule has 2 aliphatic rings. The number of amides is 2. The summed E-state index contributed by atoms with van der Waals surface area (Å²) < 4.78 is 5.51. The van der Waals surface area contributed by atoms with Crippen molar-refractivity contribution >= 4 is 12.5 Å². The summed E-state index contributed by atoms with van der Waals surface area (Å²) in [6.45, 7) is 5.98. The number of carboxylic acid groups (broad SMARTS) is 1. The van der Waals surface area contributed by atoms with E-state index in [4.69, 9.17) is 14.6 Å². The lowest BCUT2D eigenvalue weighted by atomic mass is 9.72. The number of carbonyl (C=O) groups is 2. The predicted molar refractivity (Wildman–Crippen MR) is 113 cm³/mol. The summed E-state index contributed by atoms with van der Waals surface area (Å²) in [6.07, 6.45) is 4.52. The largest absolute Gasteiger partial charge is 0.483 e. The smallest absolute Gasteiger partial charge is 0.317 e. The highest BCUT2D eigenvalue weighted by molar-refractivity contribution is 5.74. The molecule has 7 heteroatoms. The van der Waals surface area contributed by atoms with Crippen molar-refractivity contribution in [2.45, 2.75) is 38.6 Å². The molecule has 1 spiro atoms. The lowest BCUT2D eigenvalue weighted by molar-refractivity contribution is -0.122. The van der Waals surface area contributed by atoms with E-state index in [1.165, 1.54) is 11.1 Å². The second-order valence-electron chi connectivity index (χ2n) is 8.28. The number of aryl methyl sites for hydroxylation is 1. The van der Waals surface area contributed by atoms with Crippen molar-refractivity contribution in [3.05, 3.63) is 35.4 Å². The van der Waals surface area contributed by atoms with Gasteiger partial charge in [0.25, 0.3) is 6.47 Å². The maximum atomic E-state index is 12.7. The number of nitrogens with one attached hydrogen (secondary N) is 1. The Morgan fingerprint density at radius 2 is 1.90 bits per heavy atom. The van der Waals surface area contributed by atoms with Gasteiger partial charge in [0, 0.05) is 32.8 Å². The first-order chi connectivity index (χ1) is 13.9. The summed E-state index contributed by atoms with van der Waals surface area (Å²) >= 11 is 0. The highest BCUT2D eigenvalue weighted by Gasteiger charge is 2.37. The van der Waals surface area contributed by atoms with Crippen LogP contribution in [0.2, 0.25) is 0 Å². The van der Waals surface area contributed by atoms with Gasteiger partial charge in [0.1, 0.15) is 0 Å². The molecule has 2 aliphatic heterocycles. The van der Waals surface area contributed by atoms with E-state index in [9.17, 15) is 4.79 Å². The molecule has 0 aromatic heterocycles. The molecule has 2 N–H and O–H groups in total. The van der Waals surface area contributed by atoms with Crippen molar-refractivity contribution in [2.75, 3.05) is 46.9 Å². The molecule has 0 aliphatic carbocycles. The standard InChI is InChI=1S/C21H33N3O2.CH2O2/c1-17-5-4-6-18(15-17)19(23(2)3)16-22-20(25)24-11-7-21(8-12-24)9-13-26-14-10-21;2-1-3/h4-6,15,19H,7-14,16H2,1-3H3,(H,22,25);1H,(H,2,3). The van der Waals surface area contributed by atoms with Crippen molar-refractivity contribution in [3.8, 4) is 0 Å². The zero-order valence-electron chi connectivity index (χ0n) is 17.9. The summed E-state index contributed by atoms with van der Waals surface area (Å²) in [5.41, 5.74) is 2.91. The van der Waals surface area contributed by atoms with Crippen LogP contribution < -0.4 is 5.32 Å². The van der Waals surface area contributed by atoms with Gasteiger partial charge in [-0.2, -0.15) is 0 Å². The van der Waals surface area contributed by atoms with E-state index < -0.39 is 0 Å². The number of nitrogens with zero attached hydrogens (tertiary/aromatic N) is 2. The van der Waals surface area contributed by atoms with E-state index in [1.54, 1.807) is 0 Å². The first-order valence-corrected chi connectivity index (χ1v) is 10.3. The van der Waals surface area contributed by atoms with Gasteiger partial charge < -0.3 is 25.0 Å². The average Bonchev–Trinajstić information content (AvgIpc) is 2.70. The van der Waals surface area contributed by atoms with Crippen molar-refractivity contribution in [1.82, 2.24) is 15.1 Å². The van der Waals surface area contributed by atoms with Crippen LogP contribution in [0.1, 0.15) is 42.9 Å². The minimum atomic E-state index is -0.250. The normalized spacial score (nSPS) is 19.2. The SMILES string of the molecule is Cc1cccc(C(CNC(=O)N2CCC3(CCOCC3)CC2)N(C)C)c1.O=CO. The Kier molecular flexibility index (Phi) is 8.92. The number of rotatable bonds is 4. The fraction of sp³-hybridized carbons (Fsp3) is 0.636. The first-order valence-electron chi connectivity index (χ1n) is 10.3. The van der Waals surface area contributed by atoms with Crippen LogP contribution in [0, 0.1) is 12.3 Å². The lowest BCUT2D eigenvalue weighted by Gasteiger charge is -2.44. The molecule has 0 bridgehead atoms. The highest BCUT2D eigenvalue weighted by Crippen LogP contribution is 2.40. The summed E-state index contributed by atoms with van der Waals surface area (Å²) in [7, 11) is 4.13. The Labute approximate surface area is 174 Å². The Bertz CT molecular complexity index is 649. The maximum Gasteiger partial charge on any atom is 0.317 e. The third kappa shape index (κ3) is 6.72. The van der Waals surface area contributed by atoms with E-state index in [-0.39, 0.29) is 18.5 Å². The third-order valence-corrected chi connectivity index (χ3v) is 6.16. The average molecular weight is 406 g/mol. The van der Waals surface area contributed by atoms with Gasteiger partial charge in [0.15, 0.2) is 0 Å². The number of urea groups is 1. The molecule has 1 atom stereocenters. The molecule has 3 rings (SSSR count). The number of hydrogen-bond donors (Lipinski definition) is 2. The van der Waals surface area contributed by atoms with Crippen molar-refractivity contribution in [1.29, 1.82) is 0 Å². The Morgan fingerprint density at radius 1 is 1.28 bits per heavy atom. The summed E-state index contributed by atoms with van der Waals surface area (Å²) in [6, 6.07) is 8.79. The Hall–Kier alpha value is -2.12.